The van der Waals surface area contributed by atoms with Crippen molar-refractivity contribution in [2.24, 2.45) is 11.1 Å². The first-order chi connectivity index (χ1) is 16.6. The van der Waals surface area contributed by atoms with E-state index in [-0.39, 0.29) is 17.8 Å². The number of aromatic amines is 1. The molecule has 6 nitrogen and oxygen atoms in total. The summed E-state index contributed by atoms with van der Waals surface area (Å²) >= 11 is 0. The fourth-order valence-electron chi connectivity index (χ4n) is 5.24. The second-order valence-electron chi connectivity index (χ2n) is 9.57. The van der Waals surface area contributed by atoms with Crippen molar-refractivity contribution in [2.45, 2.75) is 13.0 Å². The molecule has 0 aliphatic carbocycles. The first-order valence-corrected chi connectivity index (χ1v) is 12.0. The fourth-order valence-corrected chi connectivity index (χ4v) is 5.24. The smallest absolute Gasteiger partial charge is 0.151 e. The minimum atomic E-state index is -0.198. The summed E-state index contributed by atoms with van der Waals surface area (Å²) in [5.41, 5.74) is 5.48. The van der Waals surface area contributed by atoms with Crippen molar-refractivity contribution in [1.29, 1.82) is 0 Å². The third-order valence-corrected chi connectivity index (χ3v) is 7.09. The van der Waals surface area contributed by atoms with Crippen LogP contribution in [0, 0.1) is 11.7 Å². The molecule has 34 heavy (non-hydrogen) atoms. The van der Waals surface area contributed by atoms with E-state index in [4.69, 9.17) is 9.57 Å². The first kappa shape index (κ1) is 21.4. The Hall–Kier alpha value is -3.16. The van der Waals surface area contributed by atoms with Crippen LogP contribution in [0.2, 0.25) is 0 Å². The number of hydrogen-bond donors (Lipinski definition) is 1. The molecular weight excluding hydrogens is 431 g/mol. The van der Waals surface area contributed by atoms with E-state index in [1.54, 1.807) is 0 Å². The highest BCUT2D eigenvalue weighted by atomic mass is 19.1. The maximum Gasteiger partial charge on any atom is 0.151 e. The van der Waals surface area contributed by atoms with Crippen molar-refractivity contribution in [1.82, 2.24) is 14.8 Å². The Labute approximate surface area is 198 Å². The molecule has 0 amide bonds. The molecule has 176 valence electrons. The number of ether oxygens (including phenoxy) is 1. The number of piperazine rings is 1. The molecule has 0 radical (unpaired) electrons. The van der Waals surface area contributed by atoms with E-state index in [1.807, 2.05) is 18.3 Å². The number of rotatable bonds is 5. The molecule has 4 heterocycles. The number of nitrogens with zero attached hydrogens (tertiary/aromatic N) is 3. The van der Waals surface area contributed by atoms with Gasteiger partial charge in [0.15, 0.2) is 6.10 Å². The van der Waals surface area contributed by atoms with Crippen LogP contribution in [0.5, 0.6) is 5.75 Å². The molecule has 1 fully saturated rings. The van der Waals surface area contributed by atoms with Gasteiger partial charge in [-0.05, 0) is 36.8 Å². The Balaban J connectivity index is 1.03. The number of hydrogen-bond acceptors (Lipinski definition) is 5. The average Bonchev–Trinajstić information content (AvgIpc) is 3.47. The number of oxime groups is 1. The normalized spacial score (nSPS) is 23.2. The van der Waals surface area contributed by atoms with Gasteiger partial charge >= 0.3 is 0 Å². The van der Waals surface area contributed by atoms with Crippen LogP contribution < -0.4 is 4.74 Å². The Morgan fingerprint density at radius 2 is 1.91 bits per heavy atom. The number of H-pyrrole nitrogens is 1. The molecule has 2 atom stereocenters. The largest absolute Gasteiger partial charge is 0.492 e. The molecule has 1 saturated heterocycles. The van der Waals surface area contributed by atoms with Gasteiger partial charge in [0.25, 0.3) is 0 Å². The standard InChI is InChI=1S/C27H29FN4O2/c1-18(12-19-2-4-21(28)5-3-19)15-31-8-10-32(11-9-31)16-26-23-17-33-25-14-24-20(6-7-29-24)13-22(25)27(23)30-34-26/h2-7,12-14,23,26,29H,8-11,15-17H2,1H3/b18-12+. The molecule has 0 bridgehead atoms. The molecule has 1 N–H and O–H groups in total. The molecule has 7 heteroatoms. The molecule has 3 aromatic rings. The summed E-state index contributed by atoms with van der Waals surface area (Å²) in [6.07, 6.45) is 4.11. The van der Waals surface area contributed by atoms with Crippen LogP contribution in [0.15, 0.2) is 59.4 Å². The lowest BCUT2D eigenvalue weighted by Crippen LogP contribution is -2.50. The van der Waals surface area contributed by atoms with E-state index >= 15 is 0 Å². The molecule has 0 saturated carbocycles. The Bertz CT molecular complexity index is 1240. The van der Waals surface area contributed by atoms with Crippen molar-refractivity contribution in [3.05, 3.63) is 71.2 Å². The van der Waals surface area contributed by atoms with Gasteiger partial charge in [0.1, 0.15) is 23.9 Å². The highest BCUT2D eigenvalue weighted by molar-refractivity contribution is 6.08. The number of halogens is 1. The summed E-state index contributed by atoms with van der Waals surface area (Å²) in [4.78, 5) is 14.1. The molecule has 2 aromatic carbocycles. The minimum absolute atomic E-state index is 0.0247. The second-order valence-corrected chi connectivity index (χ2v) is 9.57. The van der Waals surface area contributed by atoms with Crippen molar-refractivity contribution >= 4 is 22.7 Å². The second kappa shape index (κ2) is 8.89. The predicted molar refractivity (Wildman–Crippen MR) is 132 cm³/mol. The zero-order chi connectivity index (χ0) is 23.1. The van der Waals surface area contributed by atoms with Crippen LogP contribution in [0.4, 0.5) is 4.39 Å². The average molecular weight is 461 g/mol. The van der Waals surface area contributed by atoms with Gasteiger partial charge in [0.2, 0.25) is 0 Å². The highest BCUT2D eigenvalue weighted by Gasteiger charge is 2.41. The van der Waals surface area contributed by atoms with Crippen molar-refractivity contribution in [3.63, 3.8) is 0 Å². The number of benzene rings is 2. The topological polar surface area (TPSA) is 53.1 Å². The summed E-state index contributed by atoms with van der Waals surface area (Å²) in [5, 5.41) is 5.66. The van der Waals surface area contributed by atoms with Gasteiger partial charge in [0.05, 0.1) is 5.92 Å². The first-order valence-electron chi connectivity index (χ1n) is 12.0. The van der Waals surface area contributed by atoms with Crippen LogP contribution in [-0.2, 0) is 4.84 Å². The van der Waals surface area contributed by atoms with E-state index < -0.39 is 0 Å². The van der Waals surface area contributed by atoms with E-state index in [0.717, 1.165) is 72.8 Å². The molecule has 1 aromatic heterocycles. The van der Waals surface area contributed by atoms with Crippen LogP contribution in [0.1, 0.15) is 18.1 Å². The molecule has 3 aliphatic heterocycles. The van der Waals surface area contributed by atoms with Gasteiger partial charge in [-0.3, -0.25) is 9.80 Å². The van der Waals surface area contributed by atoms with E-state index in [2.05, 4.69) is 51.1 Å². The van der Waals surface area contributed by atoms with Gasteiger partial charge in [0, 0.05) is 68.0 Å². The quantitative estimate of drug-likeness (QED) is 0.622. The van der Waals surface area contributed by atoms with Crippen molar-refractivity contribution in [3.8, 4) is 5.75 Å². The van der Waals surface area contributed by atoms with E-state index in [9.17, 15) is 4.39 Å². The SMILES string of the molecule is C/C(=C\c1ccc(F)cc1)CN1CCN(CC2ON=C3c4cc5cc[nH]c5cc4OCC32)CC1. The summed E-state index contributed by atoms with van der Waals surface area (Å²) in [6, 6.07) is 12.9. The van der Waals surface area contributed by atoms with E-state index in [0.29, 0.717) is 6.61 Å². The molecule has 2 unspecified atom stereocenters. The molecule has 6 rings (SSSR count). The third kappa shape index (κ3) is 4.21. The van der Waals surface area contributed by atoms with Crippen molar-refractivity contribution < 1.29 is 14.0 Å². The number of aromatic nitrogens is 1. The molecule has 0 spiro atoms. The lowest BCUT2D eigenvalue weighted by Gasteiger charge is -2.36. The summed E-state index contributed by atoms with van der Waals surface area (Å²) in [7, 11) is 0. The maximum atomic E-state index is 13.1. The van der Waals surface area contributed by atoms with Crippen molar-refractivity contribution in [2.75, 3.05) is 45.9 Å². The van der Waals surface area contributed by atoms with Gasteiger partial charge in [-0.2, -0.15) is 0 Å². The Morgan fingerprint density at radius 3 is 2.74 bits per heavy atom. The third-order valence-electron chi connectivity index (χ3n) is 7.09. The van der Waals surface area contributed by atoms with Gasteiger partial charge in [-0.1, -0.05) is 28.9 Å². The molecule has 3 aliphatic rings. The highest BCUT2D eigenvalue weighted by Crippen LogP contribution is 2.36. The summed E-state index contributed by atoms with van der Waals surface area (Å²) in [6.45, 7) is 8.59. The Kier molecular flexibility index (Phi) is 5.59. The summed E-state index contributed by atoms with van der Waals surface area (Å²) < 4.78 is 19.2. The van der Waals surface area contributed by atoms with Crippen LogP contribution in [-0.4, -0.2) is 72.5 Å². The Morgan fingerprint density at radius 1 is 1.12 bits per heavy atom. The zero-order valence-electron chi connectivity index (χ0n) is 19.3. The van der Waals surface area contributed by atoms with Gasteiger partial charge in [-0.25, -0.2) is 4.39 Å². The fraction of sp³-hybridized carbons (Fsp3) is 0.370. The summed E-state index contributed by atoms with van der Waals surface area (Å²) in [5.74, 6) is 0.853. The minimum Gasteiger partial charge on any atom is -0.492 e. The van der Waals surface area contributed by atoms with Gasteiger partial charge < -0.3 is 14.6 Å². The monoisotopic (exact) mass is 460 g/mol. The maximum absolute atomic E-state index is 13.1. The molecular formula is C27H29FN4O2. The lowest BCUT2D eigenvalue weighted by atomic mass is 9.89. The zero-order valence-corrected chi connectivity index (χ0v) is 19.3. The van der Waals surface area contributed by atoms with Crippen LogP contribution in [0.3, 0.4) is 0 Å². The van der Waals surface area contributed by atoms with Crippen LogP contribution in [0.25, 0.3) is 17.0 Å². The van der Waals surface area contributed by atoms with Crippen LogP contribution >= 0.6 is 0 Å². The lowest BCUT2D eigenvalue weighted by molar-refractivity contribution is 0.0101. The van der Waals surface area contributed by atoms with Gasteiger partial charge in [-0.15, -0.1) is 0 Å². The van der Waals surface area contributed by atoms with E-state index in [1.165, 1.54) is 17.7 Å². The number of nitrogens with one attached hydrogen (secondary N) is 1. The number of fused-ring (bicyclic) bond motifs is 4. The predicted octanol–water partition coefficient (Wildman–Crippen LogP) is 4.14.